The van der Waals surface area contributed by atoms with Crippen molar-refractivity contribution in [1.29, 1.82) is 0 Å². The molecular weight excluding hydrogens is 252 g/mol. The molecule has 1 aliphatic carbocycles. The van der Waals surface area contributed by atoms with Crippen molar-refractivity contribution >= 4 is 9.84 Å². The number of benzene rings is 1. The SMILES string of the molecule is O=S(=O)(Cc1nnc(C2CC2)o1)c1ccccc1. The molecule has 1 aromatic heterocycles. The lowest BCUT2D eigenvalue weighted by molar-refractivity contribution is 0.462. The monoisotopic (exact) mass is 264 g/mol. The summed E-state index contributed by atoms with van der Waals surface area (Å²) in [6, 6.07) is 8.28. The number of rotatable bonds is 4. The molecule has 2 aromatic rings. The smallest absolute Gasteiger partial charge is 0.231 e. The molecule has 5 nitrogen and oxygen atoms in total. The largest absolute Gasteiger partial charge is 0.424 e. The van der Waals surface area contributed by atoms with Crippen molar-refractivity contribution in [2.45, 2.75) is 29.4 Å². The van der Waals surface area contributed by atoms with E-state index >= 15 is 0 Å². The highest BCUT2D eigenvalue weighted by Gasteiger charge is 2.30. The molecule has 1 aromatic carbocycles. The zero-order valence-corrected chi connectivity index (χ0v) is 10.4. The van der Waals surface area contributed by atoms with Crippen LogP contribution >= 0.6 is 0 Å². The first-order chi connectivity index (χ1) is 8.65. The molecule has 6 heteroatoms. The molecule has 1 heterocycles. The Kier molecular flexibility index (Phi) is 2.66. The standard InChI is InChI=1S/C12H12N2O3S/c15-18(16,10-4-2-1-3-5-10)8-11-13-14-12(17-11)9-6-7-9/h1-5,9H,6-8H2. The first-order valence-electron chi connectivity index (χ1n) is 5.75. The molecule has 0 bridgehead atoms. The molecule has 1 aliphatic rings. The van der Waals surface area contributed by atoms with Crippen LogP contribution in [0.25, 0.3) is 0 Å². The van der Waals surface area contributed by atoms with Crippen LogP contribution in [0.3, 0.4) is 0 Å². The van der Waals surface area contributed by atoms with Gasteiger partial charge in [-0.15, -0.1) is 10.2 Å². The highest BCUT2D eigenvalue weighted by atomic mass is 32.2. The van der Waals surface area contributed by atoms with Crippen molar-refractivity contribution in [2.24, 2.45) is 0 Å². The van der Waals surface area contributed by atoms with Gasteiger partial charge in [0.25, 0.3) is 0 Å². The van der Waals surface area contributed by atoms with Crippen molar-refractivity contribution < 1.29 is 12.8 Å². The lowest BCUT2D eigenvalue weighted by Crippen LogP contribution is -2.05. The number of aromatic nitrogens is 2. The molecule has 1 saturated carbocycles. The van der Waals surface area contributed by atoms with Gasteiger partial charge in [-0.3, -0.25) is 0 Å². The van der Waals surface area contributed by atoms with Crippen LogP contribution in [-0.2, 0) is 15.6 Å². The van der Waals surface area contributed by atoms with E-state index in [1.807, 2.05) is 0 Å². The summed E-state index contributed by atoms with van der Waals surface area (Å²) < 4.78 is 29.5. The second-order valence-electron chi connectivity index (χ2n) is 4.38. The van der Waals surface area contributed by atoms with Crippen molar-refractivity contribution in [3.63, 3.8) is 0 Å². The van der Waals surface area contributed by atoms with E-state index < -0.39 is 9.84 Å². The predicted molar refractivity (Wildman–Crippen MR) is 63.6 cm³/mol. The van der Waals surface area contributed by atoms with Gasteiger partial charge in [0.2, 0.25) is 11.8 Å². The summed E-state index contributed by atoms with van der Waals surface area (Å²) >= 11 is 0. The van der Waals surface area contributed by atoms with E-state index in [4.69, 9.17) is 4.42 Å². The second kappa shape index (κ2) is 4.20. The Morgan fingerprint density at radius 1 is 1.17 bits per heavy atom. The Bertz CT molecular complexity index is 645. The van der Waals surface area contributed by atoms with Gasteiger partial charge in [-0.2, -0.15) is 0 Å². The minimum atomic E-state index is -3.40. The lowest BCUT2D eigenvalue weighted by Gasteiger charge is -2.00. The molecule has 0 aliphatic heterocycles. The fourth-order valence-corrected chi connectivity index (χ4v) is 2.87. The third kappa shape index (κ3) is 2.28. The first-order valence-corrected chi connectivity index (χ1v) is 7.40. The Hall–Kier alpha value is -1.69. The summed E-state index contributed by atoms with van der Waals surface area (Å²) in [5, 5.41) is 7.67. The molecule has 0 amide bonds. The number of sulfone groups is 1. The van der Waals surface area contributed by atoms with E-state index in [1.165, 1.54) is 0 Å². The maximum atomic E-state index is 12.1. The maximum absolute atomic E-state index is 12.1. The van der Waals surface area contributed by atoms with Gasteiger partial charge < -0.3 is 4.42 Å². The normalized spacial score (nSPS) is 15.8. The number of hydrogen-bond donors (Lipinski definition) is 0. The van der Waals surface area contributed by atoms with Gasteiger partial charge in [-0.25, -0.2) is 8.42 Å². The molecule has 0 unspecified atom stereocenters. The van der Waals surface area contributed by atoms with Crippen molar-refractivity contribution in [3.05, 3.63) is 42.1 Å². The summed E-state index contributed by atoms with van der Waals surface area (Å²) in [5.41, 5.74) is 0. The van der Waals surface area contributed by atoms with Gasteiger partial charge in [-0.05, 0) is 25.0 Å². The van der Waals surface area contributed by atoms with Crippen LogP contribution in [0, 0.1) is 0 Å². The minimum absolute atomic E-state index is 0.167. The number of nitrogens with zero attached hydrogens (tertiary/aromatic N) is 2. The van der Waals surface area contributed by atoms with Crippen LogP contribution in [-0.4, -0.2) is 18.6 Å². The van der Waals surface area contributed by atoms with Gasteiger partial charge in [0, 0.05) is 5.92 Å². The van der Waals surface area contributed by atoms with Crippen molar-refractivity contribution in [1.82, 2.24) is 10.2 Å². The molecule has 0 saturated heterocycles. The molecule has 18 heavy (non-hydrogen) atoms. The second-order valence-corrected chi connectivity index (χ2v) is 6.37. The third-order valence-corrected chi connectivity index (χ3v) is 4.44. The number of hydrogen-bond acceptors (Lipinski definition) is 5. The van der Waals surface area contributed by atoms with Gasteiger partial charge in [0.1, 0.15) is 5.75 Å². The fraction of sp³-hybridized carbons (Fsp3) is 0.333. The van der Waals surface area contributed by atoms with E-state index in [2.05, 4.69) is 10.2 Å². The van der Waals surface area contributed by atoms with Crippen LogP contribution in [0.4, 0.5) is 0 Å². The van der Waals surface area contributed by atoms with Gasteiger partial charge in [-0.1, -0.05) is 18.2 Å². The van der Waals surface area contributed by atoms with Crippen LogP contribution in [0.15, 0.2) is 39.6 Å². The molecule has 3 rings (SSSR count). The van der Waals surface area contributed by atoms with Crippen molar-refractivity contribution in [2.75, 3.05) is 0 Å². The highest BCUT2D eigenvalue weighted by molar-refractivity contribution is 7.90. The molecule has 0 spiro atoms. The molecule has 0 radical (unpaired) electrons. The molecule has 0 atom stereocenters. The van der Waals surface area contributed by atoms with E-state index in [9.17, 15) is 8.42 Å². The summed E-state index contributed by atoms with van der Waals surface area (Å²) in [6.07, 6.45) is 2.10. The molecule has 1 fully saturated rings. The Morgan fingerprint density at radius 3 is 2.56 bits per heavy atom. The van der Waals surface area contributed by atoms with E-state index in [-0.39, 0.29) is 16.5 Å². The first kappa shape index (κ1) is 11.4. The van der Waals surface area contributed by atoms with Crippen LogP contribution in [0.2, 0.25) is 0 Å². The Morgan fingerprint density at radius 2 is 1.89 bits per heavy atom. The van der Waals surface area contributed by atoms with E-state index in [0.717, 1.165) is 12.8 Å². The summed E-state index contributed by atoms with van der Waals surface area (Å²) in [6.45, 7) is 0. The minimum Gasteiger partial charge on any atom is -0.424 e. The predicted octanol–water partition coefficient (Wildman–Crippen LogP) is 1.92. The summed E-state index contributed by atoms with van der Waals surface area (Å²) in [5.74, 6) is 0.830. The van der Waals surface area contributed by atoms with Gasteiger partial charge >= 0.3 is 0 Å². The average Bonchev–Trinajstić information content (AvgIpc) is 3.12. The van der Waals surface area contributed by atoms with Crippen molar-refractivity contribution in [3.8, 4) is 0 Å². The third-order valence-electron chi connectivity index (χ3n) is 2.82. The Balaban J connectivity index is 1.82. The zero-order chi connectivity index (χ0) is 12.6. The van der Waals surface area contributed by atoms with E-state index in [1.54, 1.807) is 30.3 Å². The van der Waals surface area contributed by atoms with Gasteiger partial charge in [0.15, 0.2) is 9.84 Å². The molecule has 94 valence electrons. The highest BCUT2D eigenvalue weighted by Crippen LogP contribution is 2.39. The molecule has 0 N–H and O–H groups in total. The van der Waals surface area contributed by atoms with Crippen LogP contribution in [0.5, 0.6) is 0 Å². The lowest BCUT2D eigenvalue weighted by atomic mass is 10.4. The summed E-state index contributed by atoms with van der Waals surface area (Å²) in [4.78, 5) is 0.274. The maximum Gasteiger partial charge on any atom is 0.231 e. The van der Waals surface area contributed by atoms with Crippen LogP contribution < -0.4 is 0 Å². The topological polar surface area (TPSA) is 73.1 Å². The van der Waals surface area contributed by atoms with Crippen LogP contribution in [0.1, 0.15) is 30.5 Å². The average molecular weight is 264 g/mol. The Labute approximate surface area is 105 Å². The van der Waals surface area contributed by atoms with Gasteiger partial charge in [0.05, 0.1) is 4.90 Å². The zero-order valence-electron chi connectivity index (χ0n) is 9.61. The fourth-order valence-electron chi connectivity index (χ4n) is 1.69. The van der Waals surface area contributed by atoms with E-state index in [0.29, 0.717) is 11.8 Å². The summed E-state index contributed by atoms with van der Waals surface area (Å²) in [7, 11) is -3.40. The quantitative estimate of drug-likeness (QED) is 0.843. The molecular formula is C12H12N2O3S.